The Kier molecular flexibility index (Phi) is 3.25. The number of halogens is 2. The lowest BCUT2D eigenvalue weighted by molar-refractivity contribution is -0.139. The van der Waals surface area contributed by atoms with E-state index in [4.69, 9.17) is 5.11 Å². The lowest BCUT2D eigenvalue weighted by atomic mass is 9.92. The fraction of sp³-hybridized carbons (Fsp3) is 0.364. The maximum absolute atomic E-state index is 12.9. The zero-order chi connectivity index (χ0) is 11.7. The summed E-state index contributed by atoms with van der Waals surface area (Å²) in [4.78, 5) is 11.0. The highest BCUT2D eigenvalue weighted by molar-refractivity contribution is 9.10. The average Bonchev–Trinajstić information content (AvgIpc) is 2.66. The molecule has 0 radical (unpaired) electrons. The molecule has 5 heteroatoms. The van der Waals surface area contributed by atoms with Crippen LogP contribution in [-0.2, 0) is 4.79 Å². The van der Waals surface area contributed by atoms with E-state index in [9.17, 15) is 9.18 Å². The molecule has 2 N–H and O–H groups in total. The van der Waals surface area contributed by atoms with Crippen molar-refractivity contribution in [1.82, 2.24) is 5.32 Å². The van der Waals surface area contributed by atoms with Crippen LogP contribution in [0.1, 0.15) is 17.9 Å². The van der Waals surface area contributed by atoms with Crippen LogP contribution >= 0.6 is 15.9 Å². The summed E-state index contributed by atoms with van der Waals surface area (Å²) in [6.45, 7) is 0.672. The van der Waals surface area contributed by atoms with Crippen LogP contribution in [0.15, 0.2) is 22.7 Å². The normalized spacial score (nSPS) is 24.6. The van der Waals surface area contributed by atoms with Gasteiger partial charge in [0, 0.05) is 10.4 Å². The number of carbonyl (C=O) groups is 1. The molecule has 0 aliphatic carbocycles. The number of carboxylic acid groups (broad SMARTS) is 1. The first-order valence-electron chi connectivity index (χ1n) is 5.00. The van der Waals surface area contributed by atoms with Crippen LogP contribution in [0.5, 0.6) is 0 Å². The maximum Gasteiger partial charge on any atom is 0.321 e. The Morgan fingerprint density at radius 2 is 2.31 bits per heavy atom. The molecule has 1 fully saturated rings. The summed E-state index contributed by atoms with van der Waals surface area (Å²) in [5, 5.41) is 12.0. The molecule has 0 bridgehead atoms. The van der Waals surface area contributed by atoms with Gasteiger partial charge in [-0.1, -0.05) is 22.0 Å². The van der Waals surface area contributed by atoms with Crippen molar-refractivity contribution in [3.8, 4) is 0 Å². The summed E-state index contributed by atoms with van der Waals surface area (Å²) in [5.41, 5.74) is 0.846. The van der Waals surface area contributed by atoms with Gasteiger partial charge < -0.3 is 10.4 Å². The third-order valence-corrected chi connectivity index (χ3v) is 3.54. The Bertz CT molecular complexity index is 424. The van der Waals surface area contributed by atoms with Crippen LogP contribution in [-0.4, -0.2) is 23.7 Å². The Morgan fingerprint density at radius 3 is 2.94 bits per heavy atom. The lowest BCUT2D eigenvalue weighted by Crippen LogP contribution is -2.34. The molecule has 0 saturated carbocycles. The van der Waals surface area contributed by atoms with Crippen LogP contribution in [0, 0.1) is 5.82 Å². The Morgan fingerprint density at radius 1 is 1.56 bits per heavy atom. The summed E-state index contributed by atoms with van der Waals surface area (Å²) < 4.78 is 13.6. The summed E-state index contributed by atoms with van der Waals surface area (Å²) in [5.74, 6) is -1.29. The van der Waals surface area contributed by atoms with E-state index in [1.165, 1.54) is 12.1 Å². The molecule has 1 aromatic rings. The zero-order valence-electron chi connectivity index (χ0n) is 8.41. The van der Waals surface area contributed by atoms with Crippen molar-refractivity contribution in [1.29, 1.82) is 0 Å². The van der Waals surface area contributed by atoms with Gasteiger partial charge in [-0.25, -0.2) is 4.39 Å². The fourth-order valence-corrected chi connectivity index (χ4v) is 2.74. The fourth-order valence-electron chi connectivity index (χ4n) is 2.10. The molecule has 16 heavy (non-hydrogen) atoms. The molecule has 1 aromatic carbocycles. The zero-order valence-corrected chi connectivity index (χ0v) is 10.00. The number of carboxylic acids is 1. The predicted octanol–water partition coefficient (Wildman–Crippen LogP) is 2.12. The van der Waals surface area contributed by atoms with E-state index in [0.29, 0.717) is 11.0 Å². The minimum Gasteiger partial charge on any atom is -0.480 e. The number of hydrogen-bond donors (Lipinski definition) is 2. The van der Waals surface area contributed by atoms with E-state index in [0.717, 1.165) is 12.0 Å². The molecule has 1 heterocycles. The molecule has 86 valence electrons. The average molecular weight is 288 g/mol. The van der Waals surface area contributed by atoms with Gasteiger partial charge in [-0.15, -0.1) is 0 Å². The minimum absolute atomic E-state index is 0.104. The molecule has 2 rings (SSSR count). The third kappa shape index (κ3) is 2.10. The van der Waals surface area contributed by atoms with E-state index >= 15 is 0 Å². The number of hydrogen-bond acceptors (Lipinski definition) is 2. The van der Waals surface area contributed by atoms with E-state index in [1.807, 2.05) is 0 Å². The molecule has 1 saturated heterocycles. The number of nitrogens with one attached hydrogen (secondary N) is 1. The smallest absolute Gasteiger partial charge is 0.321 e. The van der Waals surface area contributed by atoms with Crippen LogP contribution in [0.25, 0.3) is 0 Å². The number of rotatable bonds is 2. The van der Waals surface area contributed by atoms with Gasteiger partial charge in [-0.3, -0.25) is 4.79 Å². The van der Waals surface area contributed by atoms with E-state index < -0.39 is 12.0 Å². The summed E-state index contributed by atoms with van der Waals surface area (Å²) >= 11 is 3.27. The topological polar surface area (TPSA) is 49.3 Å². The molecule has 1 aliphatic heterocycles. The minimum atomic E-state index is -0.862. The number of benzene rings is 1. The summed E-state index contributed by atoms with van der Waals surface area (Å²) in [7, 11) is 0. The quantitative estimate of drug-likeness (QED) is 0.876. The summed E-state index contributed by atoms with van der Waals surface area (Å²) in [6, 6.07) is 3.79. The highest BCUT2D eigenvalue weighted by Crippen LogP contribution is 2.33. The molecule has 1 aliphatic rings. The van der Waals surface area contributed by atoms with Crippen molar-refractivity contribution < 1.29 is 14.3 Å². The largest absolute Gasteiger partial charge is 0.480 e. The first-order chi connectivity index (χ1) is 7.59. The van der Waals surface area contributed by atoms with Crippen LogP contribution < -0.4 is 5.32 Å². The van der Waals surface area contributed by atoms with Gasteiger partial charge in [0.2, 0.25) is 0 Å². The molecular formula is C11H11BrFNO2. The van der Waals surface area contributed by atoms with Gasteiger partial charge >= 0.3 is 5.97 Å². The highest BCUT2D eigenvalue weighted by Gasteiger charge is 2.34. The van der Waals surface area contributed by atoms with Crippen molar-refractivity contribution in [3.05, 3.63) is 34.1 Å². The van der Waals surface area contributed by atoms with Gasteiger partial charge in [0.25, 0.3) is 0 Å². The van der Waals surface area contributed by atoms with Gasteiger partial charge in [-0.05, 0) is 30.7 Å². The van der Waals surface area contributed by atoms with Gasteiger partial charge in [0.15, 0.2) is 0 Å². The third-order valence-electron chi connectivity index (χ3n) is 2.85. The van der Waals surface area contributed by atoms with Crippen LogP contribution in [0.2, 0.25) is 0 Å². The molecule has 0 spiro atoms. The Hall–Kier alpha value is -0.940. The van der Waals surface area contributed by atoms with Crippen molar-refractivity contribution in [2.24, 2.45) is 0 Å². The Balaban J connectivity index is 2.32. The molecule has 3 nitrogen and oxygen atoms in total. The molecule has 2 atom stereocenters. The van der Waals surface area contributed by atoms with Crippen LogP contribution in [0.4, 0.5) is 4.39 Å². The van der Waals surface area contributed by atoms with Crippen molar-refractivity contribution >= 4 is 21.9 Å². The second-order valence-corrected chi connectivity index (χ2v) is 4.69. The Labute approximate surface area is 101 Å². The van der Waals surface area contributed by atoms with Gasteiger partial charge in [-0.2, -0.15) is 0 Å². The predicted molar refractivity (Wildman–Crippen MR) is 60.9 cm³/mol. The molecule has 0 aromatic heterocycles. The van der Waals surface area contributed by atoms with Gasteiger partial charge in [0.05, 0.1) is 0 Å². The van der Waals surface area contributed by atoms with Gasteiger partial charge in [0.1, 0.15) is 11.9 Å². The molecule has 0 amide bonds. The van der Waals surface area contributed by atoms with Crippen molar-refractivity contribution in [3.63, 3.8) is 0 Å². The van der Waals surface area contributed by atoms with E-state index in [2.05, 4.69) is 21.2 Å². The first-order valence-corrected chi connectivity index (χ1v) is 5.80. The SMILES string of the molecule is O=C(O)C1NCCC1c1ccc(F)cc1Br. The van der Waals surface area contributed by atoms with Crippen LogP contribution in [0.3, 0.4) is 0 Å². The van der Waals surface area contributed by atoms with Crippen molar-refractivity contribution in [2.75, 3.05) is 6.54 Å². The second kappa shape index (κ2) is 4.51. The van der Waals surface area contributed by atoms with E-state index in [-0.39, 0.29) is 11.7 Å². The molecule has 2 unspecified atom stereocenters. The summed E-state index contributed by atoms with van der Waals surface area (Å²) in [6.07, 6.45) is 0.751. The highest BCUT2D eigenvalue weighted by atomic mass is 79.9. The second-order valence-electron chi connectivity index (χ2n) is 3.83. The monoisotopic (exact) mass is 287 g/mol. The van der Waals surface area contributed by atoms with E-state index in [1.54, 1.807) is 6.07 Å². The number of aliphatic carboxylic acids is 1. The molecular weight excluding hydrogens is 277 g/mol. The lowest BCUT2D eigenvalue weighted by Gasteiger charge is -2.17. The van der Waals surface area contributed by atoms with Crippen molar-refractivity contribution in [2.45, 2.75) is 18.4 Å². The standard InChI is InChI=1S/C11H11BrFNO2/c12-9-5-6(13)1-2-7(9)8-3-4-14-10(8)11(15)16/h1-2,5,8,10,14H,3-4H2,(H,15,16). The first kappa shape index (κ1) is 11.5. The maximum atomic E-state index is 12.9.